The van der Waals surface area contributed by atoms with Crippen molar-refractivity contribution in [1.29, 1.82) is 0 Å². The topological polar surface area (TPSA) is 57.6 Å². The molecule has 1 N–H and O–H groups in total. The van der Waals surface area contributed by atoms with E-state index < -0.39 is 16.9 Å². The van der Waals surface area contributed by atoms with Crippen LogP contribution in [0.15, 0.2) is 29.2 Å². The number of nitrogens with zero attached hydrogens (tertiary/aromatic N) is 1. The number of aliphatic hydroxyl groups is 1. The average molecular weight is 255 g/mol. The maximum atomic E-state index is 11.9. The first kappa shape index (κ1) is 13.9. The summed E-state index contributed by atoms with van der Waals surface area (Å²) in [6.45, 7) is 1.92. The van der Waals surface area contributed by atoms with Crippen molar-refractivity contribution in [2.45, 2.75) is 17.9 Å². The summed E-state index contributed by atoms with van der Waals surface area (Å²) < 4.78 is 11.2. The molecule has 0 aromatic heterocycles. The van der Waals surface area contributed by atoms with Crippen LogP contribution in [0.25, 0.3) is 0 Å². The molecule has 0 saturated carbocycles. The Morgan fingerprint density at radius 2 is 1.94 bits per heavy atom. The highest BCUT2D eigenvalue weighted by molar-refractivity contribution is 7.84. The molecular formula is C12H17NO3S. The second-order valence-electron chi connectivity index (χ2n) is 4.01. The molecule has 5 heteroatoms. The minimum atomic E-state index is -1.04. The third-order valence-corrected chi connectivity index (χ3v) is 3.25. The monoisotopic (exact) mass is 255 g/mol. The molecule has 1 amide bonds. The van der Waals surface area contributed by atoms with Gasteiger partial charge in [-0.25, -0.2) is 0 Å². The fourth-order valence-corrected chi connectivity index (χ4v) is 2.01. The van der Waals surface area contributed by atoms with Crippen molar-refractivity contribution in [3.63, 3.8) is 0 Å². The zero-order chi connectivity index (χ0) is 13.0. The Morgan fingerprint density at radius 1 is 1.41 bits per heavy atom. The molecule has 0 bridgehead atoms. The molecule has 0 saturated heterocycles. The Hall–Kier alpha value is -1.20. The van der Waals surface area contributed by atoms with Crippen LogP contribution in [0.2, 0.25) is 0 Å². The van der Waals surface area contributed by atoms with E-state index in [-0.39, 0.29) is 5.91 Å². The Kier molecular flexibility index (Phi) is 4.84. The van der Waals surface area contributed by atoms with Crippen molar-refractivity contribution in [2.75, 3.05) is 19.8 Å². The molecule has 0 heterocycles. The van der Waals surface area contributed by atoms with Crippen molar-refractivity contribution in [1.82, 2.24) is 4.90 Å². The Morgan fingerprint density at radius 3 is 2.35 bits per heavy atom. The number of carbonyl (C=O) groups is 1. The quantitative estimate of drug-likeness (QED) is 0.869. The second kappa shape index (κ2) is 5.93. The van der Waals surface area contributed by atoms with Gasteiger partial charge < -0.3 is 10.0 Å². The molecule has 0 aliphatic rings. The molecular weight excluding hydrogens is 238 g/mol. The van der Waals surface area contributed by atoms with Gasteiger partial charge in [0, 0.05) is 41.1 Å². The van der Waals surface area contributed by atoms with E-state index in [1.165, 1.54) is 4.90 Å². The summed E-state index contributed by atoms with van der Waals surface area (Å²) in [6.07, 6.45) is 1.04. The molecule has 0 spiro atoms. The van der Waals surface area contributed by atoms with Gasteiger partial charge in [0.1, 0.15) is 0 Å². The Balaban J connectivity index is 2.79. The van der Waals surface area contributed by atoms with E-state index in [1.54, 1.807) is 44.5 Å². The van der Waals surface area contributed by atoms with Crippen LogP contribution in [0.4, 0.5) is 0 Å². The fourth-order valence-electron chi connectivity index (χ4n) is 1.49. The molecule has 0 aliphatic heterocycles. The van der Waals surface area contributed by atoms with Gasteiger partial charge in [0.2, 0.25) is 0 Å². The number of benzene rings is 1. The van der Waals surface area contributed by atoms with Gasteiger partial charge in [0.05, 0.1) is 6.10 Å². The lowest BCUT2D eigenvalue weighted by Gasteiger charge is -2.18. The van der Waals surface area contributed by atoms with Crippen molar-refractivity contribution < 1.29 is 14.1 Å². The minimum absolute atomic E-state index is 0.153. The molecule has 2 unspecified atom stereocenters. The van der Waals surface area contributed by atoms with Crippen molar-refractivity contribution in [3.05, 3.63) is 29.8 Å². The predicted molar refractivity (Wildman–Crippen MR) is 67.4 cm³/mol. The summed E-state index contributed by atoms with van der Waals surface area (Å²) in [4.78, 5) is 14.1. The van der Waals surface area contributed by atoms with Crippen molar-refractivity contribution in [2.24, 2.45) is 0 Å². The molecule has 94 valence electrons. The van der Waals surface area contributed by atoms with Gasteiger partial charge in [-0.1, -0.05) is 0 Å². The number of carbonyl (C=O) groups excluding carboxylic acids is 1. The van der Waals surface area contributed by atoms with Crippen LogP contribution in [-0.4, -0.2) is 46.1 Å². The third-order valence-electron chi connectivity index (χ3n) is 2.32. The summed E-state index contributed by atoms with van der Waals surface area (Å²) >= 11 is 0. The number of hydrogen-bond donors (Lipinski definition) is 1. The molecule has 2 atom stereocenters. The lowest BCUT2D eigenvalue weighted by atomic mass is 10.2. The summed E-state index contributed by atoms with van der Waals surface area (Å²) in [5.41, 5.74) is 0.530. The molecule has 1 aromatic rings. The first-order valence-electron chi connectivity index (χ1n) is 5.29. The molecule has 0 radical (unpaired) electrons. The van der Waals surface area contributed by atoms with Crippen LogP contribution in [0, 0.1) is 0 Å². The number of rotatable bonds is 4. The highest BCUT2D eigenvalue weighted by Gasteiger charge is 2.13. The smallest absolute Gasteiger partial charge is 0.253 e. The summed E-state index contributed by atoms with van der Waals surface area (Å²) in [6, 6.07) is 6.66. The van der Waals surface area contributed by atoms with Crippen LogP contribution in [0.1, 0.15) is 17.3 Å². The van der Waals surface area contributed by atoms with E-state index in [9.17, 15) is 14.1 Å². The third kappa shape index (κ3) is 3.94. The highest BCUT2D eigenvalue weighted by atomic mass is 32.2. The van der Waals surface area contributed by atoms with Crippen LogP contribution >= 0.6 is 0 Å². The molecule has 0 fully saturated rings. The van der Waals surface area contributed by atoms with Gasteiger partial charge in [-0.2, -0.15) is 0 Å². The van der Waals surface area contributed by atoms with Crippen molar-refractivity contribution in [3.8, 4) is 0 Å². The molecule has 1 aromatic carbocycles. The maximum absolute atomic E-state index is 11.9. The minimum Gasteiger partial charge on any atom is -0.392 e. The first-order valence-corrected chi connectivity index (χ1v) is 6.84. The largest absolute Gasteiger partial charge is 0.392 e. The van der Waals surface area contributed by atoms with Gasteiger partial charge in [0.25, 0.3) is 5.91 Å². The number of aliphatic hydroxyl groups excluding tert-OH is 1. The SMILES string of the molecule is CC(O)CN(C)C(=O)c1ccc(S(C)=O)cc1. The number of hydrogen-bond acceptors (Lipinski definition) is 3. The summed E-state index contributed by atoms with van der Waals surface area (Å²) in [5.74, 6) is -0.153. The fraction of sp³-hybridized carbons (Fsp3) is 0.417. The number of amides is 1. The number of likely N-dealkylation sites (N-methyl/N-ethyl adjacent to an activating group) is 1. The maximum Gasteiger partial charge on any atom is 0.253 e. The van der Waals surface area contributed by atoms with E-state index >= 15 is 0 Å². The Bertz CT molecular complexity index is 414. The molecule has 17 heavy (non-hydrogen) atoms. The lowest BCUT2D eigenvalue weighted by molar-refractivity contribution is 0.0703. The standard InChI is InChI=1S/C12H17NO3S/c1-9(14)8-13(2)12(15)10-4-6-11(7-5-10)17(3)16/h4-7,9,14H,8H2,1-3H3. The van der Waals surface area contributed by atoms with Crippen molar-refractivity contribution >= 4 is 16.7 Å². The molecule has 4 nitrogen and oxygen atoms in total. The van der Waals surface area contributed by atoms with Gasteiger partial charge >= 0.3 is 0 Å². The van der Waals surface area contributed by atoms with Crippen LogP contribution < -0.4 is 0 Å². The molecule has 0 aliphatic carbocycles. The van der Waals surface area contributed by atoms with E-state index in [4.69, 9.17) is 0 Å². The normalized spacial score (nSPS) is 14.1. The van der Waals surface area contributed by atoms with E-state index in [0.29, 0.717) is 17.0 Å². The summed E-state index contributed by atoms with van der Waals surface area (Å²) in [7, 11) is 0.605. The van der Waals surface area contributed by atoms with E-state index in [0.717, 1.165) is 0 Å². The van der Waals surface area contributed by atoms with E-state index in [1.807, 2.05) is 0 Å². The van der Waals surface area contributed by atoms with Crippen LogP contribution in [0.3, 0.4) is 0 Å². The van der Waals surface area contributed by atoms with Gasteiger partial charge in [-0.05, 0) is 31.2 Å². The second-order valence-corrected chi connectivity index (χ2v) is 5.39. The first-order chi connectivity index (χ1) is 7.91. The van der Waals surface area contributed by atoms with E-state index in [2.05, 4.69) is 0 Å². The van der Waals surface area contributed by atoms with Gasteiger partial charge in [-0.15, -0.1) is 0 Å². The highest BCUT2D eigenvalue weighted by Crippen LogP contribution is 2.09. The Labute approximate surface area is 104 Å². The molecule has 1 rings (SSSR count). The zero-order valence-corrected chi connectivity index (χ0v) is 11.0. The van der Waals surface area contributed by atoms with Gasteiger partial charge in [-0.3, -0.25) is 9.00 Å². The average Bonchev–Trinajstić information content (AvgIpc) is 2.27. The lowest BCUT2D eigenvalue weighted by Crippen LogP contribution is -2.33. The predicted octanol–water partition coefficient (Wildman–Crippen LogP) is 0.877. The van der Waals surface area contributed by atoms with Crippen LogP contribution in [0.5, 0.6) is 0 Å². The summed E-state index contributed by atoms with van der Waals surface area (Å²) in [5, 5.41) is 9.20. The zero-order valence-electron chi connectivity index (χ0n) is 10.2. The van der Waals surface area contributed by atoms with Gasteiger partial charge in [0.15, 0.2) is 0 Å². The van der Waals surface area contributed by atoms with Crippen LogP contribution in [-0.2, 0) is 10.8 Å².